The number of nitrogens with one attached hydrogen (secondary N) is 1. The molecule has 19 heavy (non-hydrogen) atoms. The Bertz CT molecular complexity index is 559. The third kappa shape index (κ3) is 3.32. The van der Waals surface area contributed by atoms with E-state index < -0.39 is 15.8 Å². The summed E-state index contributed by atoms with van der Waals surface area (Å²) in [6.45, 7) is 1.76. The zero-order valence-corrected chi connectivity index (χ0v) is 11.6. The van der Waals surface area contributed by atoms with E-state index in [9.17, 15) is 12.8 Å². The van der Waals surface area contributed by atoms with Crippen LogP contribution in [0.4, 0.5) is 4.39 Å². The van der Waals surface area contributed by atoms with Crippen LogP contribution in [0.25, 0.3) is 0 Å². The number of halogens is 1. The zero-order valence-electron chi connectivity index (χ0n) is 10.8. The number of hydrogen-bond donors (Lipinski definition) is 2. The van der Waals surface area contributed by atoms with E-state index in [0.29, 0.717) is 11.5 Å². The lowest BCUT2D eigenvalue weighted by atomic mass is 10.1. The van der Waals surface area contributed by atoms with Crippen LogP contribution in [0.3, 0.4) is 0 Å². The van der Waals surface area contributed by atoms with Crippen LogP contribution in [-0.2, 0) is 16.6 Å². The Hall–Kier alpha value is -0.980. The highest BCUT2D eigenvalue weighted by Gasteiger charge is 2.28. The highest BCUT2D eigenvalue weighted by atomic mass is 32.2. The van der Waals surface area contributed by atoms with Gasteiger partial charge >= 0.3 is 0 Å². The second-order valence-electron chi connectivity index (χ2n) is 5.16. The fourth-order valence-corrected chi connectivity index (χ4v) is 3.80. The molecule has 0 aliphatic heterocycles. The molecule has 2 unspecified atom stereocenters. The molecule has 2 rings (SSSR count). The number of benzene rings is 1. The van der Waals surface area contributed by atoms with Gasteiger partial charge in [0.05, 0.1) is 6.61 Å². The van der Waals surface area contributed by atoms with Crippen molar-refractivity contribution in [3.8, 4) is 0 Å². The predicted molar refractivity (Wildman–Crippen MR) is 69.4 cm³/mol. The molecule has 106 valence electrons. The van der Waals surface area contributed by atoms with E-state index in [0.717, 1.165) is 25.3 Å². The first-order valence-corrected chi connectivity index (χ1v) is 7.82. The molecule has 1 fully saturated rings. The molecule has 0 aromatic heterocycles. The van der Waals surface area contributed by atoms with Crippen molar-refractivity contribution in [1.82, 2.24) is 4.72 Å². The van der Waals surface area contributed by atoms with Crippen molar-refractivity contribution in [1.29, 1.82) is 0 Å². The Balaban J connectivity index is 2.19. The largest absolute Gasteiger partial charge is 0.392 e. The molecule has 0 amide bonds. The maximum atomic E-state index is 13.8. The van der Waals surface area contributed by atoms with Gasteiger partial charge in [0.1, 0.15) is 10.7 Å². The van der Waals surface area contributed by atoms with Crippen LogP contribution >= 0.6 is 0 Å². The molecule has 1 aromatic rings. The van der Waals surface area contributed by atoms with Crippen LogP contribution in [0.15, 0.2) is 23.1 Å². The topological polar surface area (TPSA) is 66.4 Å². The fraction of sp³-hybridized carbons (Fsp3) is 0.538. The van der Waals surface area contributed by atoms with E-state index in [2.05, 4.69) is 11.6 Å². The average molecular weight is 287 g/mol. The molecule has 2 N–H and O–H groups in total. The molecule has 1 aliphatic carbocycles. The SMILES string of the molecule is CC1CCC(NS(=O)(=O)c2ccc(CO)cc2F)C1. The Morgan fingerprint density at radius 3 is 2.68 bits per heavy atom. The van der Waals surface area contributed by atoms with Gasteiger partial charge in [0.15, 0.2) is 0 Å². The normalized spacial score (nSPS) is 23.7. The van der Waals surface area contributed by atoms with Gasteiger partial charge < -0.3 is 5.11 Å². The first-order chi connectivity index (χ1) is 8.92. The van der Waals surface area contributed by atoms with Crippen LogP contribution in [0.5, 0.6) is 0 Å². The zero-order chi connectivity index (χ0) is 14.0. The number of hydrogen-bond acceptors (Lipinski definition) is 3. The maximum absolute atomic E-state index is 13.8. The minimum Gasteiger partial charge on any atom is -0.392 e. The van der Waals surface area contributed by atoms with Gasteiger partial charge in [-0.1, -0.05) is 13.0 Å². The molecule has 6 heteroatoms. The summed E-state index contributed by atoms with van der Waals surface area (Å²) >= 11 is 0. The smallest absolute Gasteiger partial charge is 0.243 e. The van der Waals surface area contributed by atoms with E-state index >= 15 is 0 Å². The van der Waals surface area contributed by atoms with E-state index in [1.54, 1.807) is 0 Å². The highest BCUT2D eigenvalue weighted by Crippen LogP contribution is 2.26. The summed E-state index contributed by atoms with van der Waals surface area (Å²) in [7, 11) is -3.83. The Morgan fingerprint density at radius 1 is 1.42 bits per heavy atom. The van der Waals surface area contributed by atoms with Gasteiger partial charge in [-0.2, -0.15) is 0 Å². The summed E-state index contributed by atoms with van der Waals surface area (Å²) in [6.07, 6.45) is 2.56. The lowest BCUT2D eigenvalue weighted by Crippen LogP contribution is -2.33. The Morgan fingerprint density at radius 2 is 2.16 bits per heavy atom. The van der Waals surface area contributed by atoms with Gasteiger partial charge in [0.25, 0.3) is 0 Å². The van der Waals surface area contributed by atoms with Gasteiger partial charge in [0.2, 0.25) is 10.0 Å². The molecule has 0 spiro atoms. The Kier molecular flexibility index (Phi) is 4.23. The monoisotopic (exact) mass is 287 g/mol. The second kappa shape index (κ2) is 5.56. The first-order valence-electron chi connectivity index (χ1n) is 6.34. The third-order valence-corrected chi connectivity index (χ3v) is 5.04. The van der Waals surface area contributed by atoms with Gasteiger partial charge in [-0.25, -0.2) is 17.5 Å². The number of rotatable bonds is 4. The second-order valence-corrected chi connectivity index (χ2v) is 6.84. The summed E-state index contributed by atoms with van der Waals surface area (Å²) < 4.78 is 40.5. The quantitative estimate of drug-likeness (QED) is 0.887. The molecule has 0 heterocycles. The van der Waals surface area contributed by atoms with E-state index in [1.165, 1.54) is 12.1 Å². The number of aliphatic hydroxyl groups is 1. The van der Waals surface area contributed by atoms with Crippen LogP contribution in [-0.4, -0.2) is 19.6 Å². The van der Waals surface area contributed by atoms with E-state index in [-0.39, 0.29) is 17.5 Å². The lowest BCUT2D eigenvalue weighted by Gasteiger charge is -2.13. The molecular formula is C13H18FNO3S. The molecular weight excluding hydrogens is 269 g/mol. The summed E-state index contributed by atoms with van der Waals surface area (Å²) in [4.78, 5) is -0.357. The standard InChI is InChI=1S/C13H18FNO3S/c1-9-2-4-11(6-9)15-19(17,18)13-5-3-10(8-16)7-12(13)14/h3,5,7,9,11,15-16H,2,4,6,8H2,1H3. The molecule has 1 aliphatic rings. The van der Waals surface area contributed by atoms with Gasteiger partial charge in [-0.05, 0) is 42.9 Å². The van der Waals surface area contributed by atoms with Crippen molar-refractivity contribution >= 4 is 10.0 Å². The minimum absolute atomic E-state index is 0.114. The van der Waals surface area contributed by atoms with Crippen molar-refractivity contribution in [3.63, 3.8) is 0 Å². The molecule has 1 aromatic carbocycles. The Labute approximate surface area is 112 Å². The maximum Gasteiger partial charge on any atom is 0.243 e. The van der Waals surface area contributed by atoms with Crippen LogP contribution in [0, 0.1) is 11.7 Å². The van der Waals surface area contributed by atoms with E-state index in [1.807, 2.05) is 0 Å². The summed E-state index contributed by atoms with van der Waals surface area (Å²) in [5.41, 5.74) is 0.353. The van der Waals surface area contributed by atoms with Crippen molar-refractivity contribution in [2.24, 2.45) is 5.92 Å². The average Bonchev–Trinajstić information content (AvgIpc) is 2.73. The molecule has 0 saturated heterocycles. The van der Waals surface area contributed by atoms with Crippen molar-refractivity contribution < 1.29 is 17.9 Å². The first kappa shape index (κ1) is 14.4. The third-order valence-electron chi connectivity index (χ3n) is 3.49. The van der Waals surface area contributed by atoms with Gasteiger partial charge in [-0.15, -0.1) is 0 Å². The molecule has 1 saturated carbocycles. The predicted octanol–water partition coefficient (Wildman–Crippen LogP) is 1.78. The van der Waals surface area contributed by atoms with Crippen molar-refractivity contribution in [2.45, 2.75) is 43.7 Å². The van der Waals surface area contributed by atoms with E-state index in [4.69, 9.17) is 5.11 Å². The molecule has 2 atom stereocenters. The van der Waals surface area contributed by atoms with Crippen LogP contribution in [0.2, 0.25) is 0 Å². The van der Waals surface area contributed by atoms with Gasteiger partial charge in [0, 0.05) is 6.04 Å². The number of sulfonamides is 1. The summed E-state index contributed by atoms with van der Waals surface area (Å²) in [5, 5.41) is 8.88. The summed E-state index contributed by atoms with van der Waals surface area (Å²) in [6, 6.07) is 3.54. The molecule has 4 nitrogen and oxygen atoms in total. The minimum atomic E-state index is -3.83. The molecule has 0 radical (unpaired) electrons. The number of aliphatic hydroxyl groups excluding tert-OH is 1. The van der Waals surface area contributed by atoms with Crippen molar-refractivity contribution in [3.05, 3.63) is 29.6 Å². The van der Waals surface area contributed by atoms with Crippen LogP contribution < -0.4 is 4.72 Å². The van der Waals surface area contributed by atoms with Crippen LogP contribution in [0.1, 0.15) is 31.7 Å². The summed E-state index contributed by atoms with van der Waals surface area (Å²) in [5.74, 6) is -0.334. The molecule has 0 bridgehead atoms. The van der Waals surface area contributed by atoms with Gasteiger partial charge in [-0.3, -0.25) is 0 Å². The van der Waals surface area contributed by atoms with Crippen molar-refractivity contribution in [2.75, 3.05) is 0 Å². The lowest BCUT2D eigenvalue weighted by molar-refractivity contribution is 0.281. The highest BCUT2D eigenvalue weighted by molar-refractivity contribution is 7.89. The fourth-order valence-electron chi connectivity index (χ4n) is 2.46.